The molecule has 0 spiro atoms. The largest absolute Gasteiger partial charge is 0.497 e. The smallest absolute Gasteiger partial charge is 0.270 e. The summed E-state index contributed by atoms with van der Waals surface area (Å²) < 4.78 is 5.27. The van der Waals surface area contributed by atoms with Crippen LogP contribution in [-0.4, -0.2) is 27.0 Å². The van der Waals surface area contributed by atoms with Crippen LogP contribution in [0.15, 0.2) is 58.5 Å². The molecule has 8 nitrogen and oxygen atoms in total. The summed E-state index contributed by atoms with van der Waals surface area (Å²) in [5.41, 5.74) is 4.65. The van der Waals surface area contributed by atoms with Crippen LogP contribution in [-0.2, 0) is 18.7 Å². The van der Waals surface area contributed by atoms with E-state index in [4.69, 9.17) is 4.74 Å². The van der Waals surface area contributed by atoms with E-state index in [1.54, 1.807) is 31.4 Å². The van der Waals surface area contributed by atoms with E-state index in [1.807, 2.05) is 31.2 Å². The number of thioether (sulfide) groups is 1. The van der Waals surface area contributed by atoms with Crippen molar-refractivity contribution in [1.29, 1.82) is 5.26 Å². The Balaban J connectivity index is 1.49. The van der Waals surface area contributed by atoms with Gasteiger partial charge in [0.1, 0.15) is 23.2 Å². The van der Waals surface area contributed by atoms with E-state index in [1.165, 1.54) is 11.8 Å². The normalized spacial score (nSPS) is 10.7. The summed E-state index contributed by atoms with van der Waals surface area (Å²) in [7, 11) is 1.57. The summed E-state index contributed by atoms with van der Waals surface area (Å²) in [5.74, 6) is 2.22. The molecular weight excluding hydrogens is 460 g/mol. The van der Waals surface area contributed by atoms with Crippen molar-refractivity contribution in [2.75, 3.05) is 12.4 Å². The van der Waals surface area contributed by atoms with Gasteiger partial charge in [0, 0.05) is 29.1 Å². The predicted molar refractivity (Wildman–Crippen MR) is 138 cm³/mol. The van der Waals surface area contributed by atoms with E-state index in [9.17, 15) is 10.1 Å². The Morgan fingerprint density at radius 2 is 1.97 bits per heavy atom. The Hall–Kier alpha value is -4.03. The van der Waals surface area contributed by atoms with Gasteiger partial charge in [-0.25, -0.2) is 9.97 Å². The Bertz CT molecular complexity index is 1440. The van der Waals surface area contributed by atoms with Crippen molar-refractivity contribution in [3.8, 4) is 23.1 Å². The van der Waals surface area contributed by atoms with E-state index >= 15 is 0 Å². The fourth-order valence-electron chi connectivity index (χ4n) is 3.62. The van der Waals surface area contributed by atoms with E-state index < -0.39 is 5.56 Å². The first-order valence-corrected chi connectivity index (χ1v) is 12.2. The first kappa shape index (κ1) is 24.1. The summed E-state index contributed by atoms with van der Waals surface area (Å²) in [4.78, 5) is 27.8. The molecule has 35 heavy (non-hydrogen) atoms. The molecule has 3 N–H and O–H groups in total. The van der Waals surface area contributed by atoms with Crippen molar-refractivity contribution in [1.82, 2.24) is 19.9 Å². The molecular formula is C26H26N6O2S. The number of aryl methyl sites for hydroxylation is 2. The third-order valence-corrected chi connectivity index (χ3v) is 6.43. The summed E-state index contributed by atoms with van der Waals surface area (Å²) in [6.45, 7) is 4.74. The lowest BCUT2D eigenvalue weighted by Crippen LogP contribution is -2.14. The number of methoxy groups -OCH3 is 1. The predicted octanol–water partition coefficient (Wildman–Crippen LogP) is 4.82. The first-order chi connectivity index (χ1) is 17.0. The fourth-order valence-corrected chi connectivity index (χ4v) is 4.42. The number of benzene rings is 2. The van der Waals surface area contributed by atoms with Crippen molar-refractivity contribution in [2.45, 2.75) is 37.7 Å². The van der Waals surface area contributed by atoms with Gasteiger partial charge in [0.05, 0.1) is 25.0 Å². The Labute approximate surface area is 207 Å². The highest BCUT2D eigenvalue weighted by molar-refractivity contribution is 7.98. The molecule has 0 unspecified atom stereocenters. The van der Waals surface area contributed by atoms with Crippen molar-refractivity contribution in [3.63, 3.8) is 0 Å². The van der Waals surface area contributed by atoms with Gasteiger partial charge in [-0.05, 0) is 36.8 Å². The summed E-state index contributed by atoms with van der Waals surface area (Å²) in [5, 5.41) is 13.4. The summed E-state index contributed by atoms with van der Waals surface area (Å²) in [6.07, 6.45) is 0.874. The molecule has 9 heteroatoms. The van der Waals surface area contributed by atoms with Crippen LogP contribution in [0.3, 0.4) is 0 Å². The standard InChI is InChI=1S/C26H26N6O2S/c1-4-23-29-16(2)22(30-23)14-28-19-9-5-7-17(11-19)15-35-26-31-24(21(13-27)25(33)32-26)18-8-6-10-20(12-18)34-3/h5-12,28H,4,14-15H2,1-3H3,(H,29,30)(H,31,32,33). The molecule has 0 saturated carbocycles. The Morgan fingerprint density at radius 3 is 2.71 bits per heavy atom. The second kappa shape index (κ2) is 10.9. The quantitative estimate of drug-likeness (QED) is 0.229. The number of hydrogen-bond donors (Lipinski definition) is 3. The fraction of sp³-hybridized carbons (Fsp3) is 0.231. The van der Waals surface area contributed by atoms with Gasteiger partial charge in [-0.1, -0.05) is 43.0 Å². The van der Waals surface area contributed by atoms with E-state index in [0.717, 1.165) is 34.9 Å². The lowest BCUT2D eigenvalue weighted by atomic mass is 10.1. The number of nitriles is 1. The van der Waals surface area contributed by atoms with Gasteiger partial charge in [0.2, 0.25) is 0 Å². The zero-order valence-electron chi connectivity index (χ0n) is 19.8. The van der Waals surface area contributed by atoms with Crippen molar-refractivity contribution in [2.24, 2.45) is 0 Å². The van der Waals surface area contributed by atoms with Gasteiger partial charge < -0.3 is 20.0 Å². The maximum atomic E-state index is 12.6. The number of nitrogens with one attached hydrogen (secondary N) is 3. The molecule has 2 aromatic heterocycles. The molecule has 0 amide bonds. The molecule has 0 bridgehead atoms. The summed E-state index contributed by atoms with van der Waals surface area (Å²) in [6, 6.07) is 17.2. The maximum Gasteiger partial charge on any atom is 0.270 e. The van der Waals surface area contributed by atoms with Gasteiger partial charge in [-0.15, -0.1) is 0 Å². The molecule has 2 heterocycles. The second-order valence-corrected chi connectivity index (χ2v) is 8.85. The Kier molecular flexibility index (Phi) is 7.53. The van der Waals surface area contributed by atoms with Crippen LogP contribution in [0.25, 0.3) is 11.3 Å². The number of ether oxygens (including phenoxy) is 1. The van der Waals surface area contributed by atoms with E-state index in [0.29, 0.717) is 34.5 Å². The lowest BCUT2D eigenvalue weighted by Gasteiger charge is -2.09. The summed E-state index contributed by atoms with van der Waals surface area (Å²) >= 11 is 1.41. The van der Waals surface area contributed by atoms with Crippen LogP contribution in [0.4, 0.5) is 5.69 Å². The zero-order valence-corrected chi connectivity index (χ0v) is 20.6. The molecule has 0 radical (unpaired) electrons. The first-order valence-electron chi connectivity index (χ1n) is 11.2. The molecule has 0 aliphatic rings. The number of anilines is 1. The molecule has 2 aromatic carbocycles. The van der Waals surface area contributed by atoms with Gasteiger partial charge in [0.25, 0.3) is 5.56 Å². The topological polar surface area (TPSA) is 119 Å². The second-order valence-electron chi connectivity index (χ2n) is 7.89. The molecule has 4 aromatic rings. The molecule has 178 valence electrons. The average Bonchev–Trinajstić information content (AvgIpc) is 3.25. The minimum atomic E-state index is -0.459. The van der Waals surface area contributed by atoms with Crippen LogP contribution < -0.4 is 15.6 Å². The lowest BCUT2D eigenvalue weighted by molar-refractivity contribution is 0.415. The van der Waals surface area contributed by atoms with Gasteiger partial charge in [-0.2, -0.15) is 5.26 Å². The van der Waals surface area contributed by atoms with Crippen LogP contribution in [0.5, 0.6) is 5.75 Å². The van der Waals surface area contributed by atoms with Crippen LogP contribution in [0.2, 0.25) is 0 Å². The van der Waals surface area contributed by atoms with Crippen molar-refractivity contribution in [3.05, 3.63) is 87.2 Å². The maximum absolute atomic E-state index is 12.6. The van der Waals surface area contributed by atoms with Crippen LogP contribution in [0, 0.1) is 18.3 Å². The van der Waals surface area contributed by atoms with Crippen LogP contribution >= 0.6 is 11.8 Å². The molecule has 0 fully saturated rings. The van der Waals surface area contributed by atoms with E-state index in [2.05, 4.69) is 38.2 Å². The van der Waals surface area contributed by atoms with E-state index in [-0.39, 0.29) is 5.56 Å². The van der Waals surface area contributed by atoms with Gasteiger partial charge >= 0.3 is 0 Å². The molecule has 0 saturated heterocycles. The number of imidazole rings is 1. The Morgan fingerprint density at radius 1 is 1.14 bits per heavy atom. The molecule has 4 rings (SSSR count). The number of nitrogens with zero attached hydrogens (tertiary/aromatic N) is 3. The van der Waals surface area contributed by atoms with Gasteiger partial charge in [0.15, 0.2) is 5.16 Å². The molecule has 0 aliphatic heterocycles. The van der Waals surface area contributed by atoms with Crippen LogP contribution in [0.1, 0.15) is 35.3 Å². The molecule has 0 atom stereocenters. The number of hydrogen-bond acceptors (Lipinski definition) is 7. The SMILES string of the molecule is CCc1nc(CNc2cccc(CSc3nc(-c4cccc(OC)c4)c(C#N)c(=O)[nH]3)c2)c(C)[nH]1. The third-order valence-electron chi connectivity index (χ3n) is 5.48. The monoisotopic (exact) mass is 486 g/mol. The van der Waals surface area contributed by atoms with Crippen molar-refractivity contribution < 1.29 is 4.74 Å². The van der Waals surface area contributed by atoms with Gasteiger partial charge in [-0.3, -0.25) is 4.79 Å². The minimum Gasteiger partial charge on any atom is -0.497 e. The third kappa shape index (κ3) is 5.73. The van der Waals surface area contributed by atoms with Crippen molar-refractivity contribution >= 4 is 17.4 Å². The highest BCUT2D eigenvalue weighted by Gasteiger charge is 2.14. The average molecular weight is 487 g/mol. The number of H-pyrrole nitrogens is 2. The number of aromatic amines is 2. The molecule has 0 aliphatic carbocycles. The number of aromatic nitrogens is 4. The number of rotatable bonds is 9. The zero-order chi connectivity index (χ0) is 24.8. The highest BCUT2D eigenvalue weighted by Crippen LogP contribution is 2.27. The minimum absolute atomic E-state index is 0.0197. The highest BCUT2D eigenvalue weighted by atomic mass is 32.2.